The molecule has 16 heteroatoms. The first-order chi connectivity index (χ1) is 26.9. The minimum absolute atomic E-state index is 0.202. The molecule has 4 aromatic carbocycles. The highest BCUT2D eigenvalue weighted by Gasteiger charge is 2.26. The highest BCUT2D eigenvalue weighted by Crippen LogP contribution is 2.39. The fourth-order valence-corrected chi connectivity index (χ4v) is 5.86. The van der Waals surface area contributed by atoms with Crippen LogP contribution in [-0.4, -0.2) is 61.9 Å². The number of ketones is 2. The Morgan fingerprint density at radius 3 is 1.38 bits per heavy atom. The van der Waals surface area contributed by atoms with Crippen molar-refractivity contribution in [1.29, 1.82) is 0 Å². The monoisotopic (exact) mass is 804 g/mol. The summed E-state index contributed by atoms with van der Waals surface area (Å²) in [6.45, 7) is 11.3. The van der Waals surface area contributed by atoms with Crippen LogP contribution < -0.4 is 29.6 Å². The van der Waals surface area contributed by atoms with E-state index in [4.69, 9.17) is 42.1 Å². The van der Waals surface area contributed by atoms with Crippen LogP contribution in [0, 0.1) is 0 Å². The van der Waals surface area contributed by atoms with Crippen molar-refractivity contribution in [1.82, 2.24) is 0 Å². The van der Waals surface area contributed by atoms with Gasteiger partial charge >= 0.3 is 0 Å². The van der Waals surface area contributed by atoms with E-state index in [0.717, 1.165) is 0 Å². The van der Waals surface area contributed by atoms with E-state index in [0.29, 0.717) is 77.6 Å². The van der Waals surface area contributed by atoms with Crippen LogP contribution in [0.4, 0.5) is 22.7 Å². The highest BCUT2D eigenvalue weighted by atomic mass is 35.5. The molecule has 4 aromatic rings. The van der Waals surface area contributed by atoms with Gasteiger partial charge in [0.15, 0.2) is 11.6 Å². The summed E-state index contributed by atoms with van der Waals surface area (Å²) in [4.78, 5) is 51.3. The molecule has 14 nitrogen and oxygen atoms in total. The van der Waals surface area contributed by atoms with E-state index >= 15 is 0 Å². The molecule has 2 unspecified atom stereocenters. The molecule has 294 valence electrons. The Kier molecular flexibility index (Phi) is 15.9. The van der Waals surface area contributed by atoms with Gasteiger partial charge in [-0.1, -0.05) is 35.3 Å². The van der Waals surface area contributed by atoms with Gasteiger partial charge in [-0.25, -0.2) is 0 Å². The third-order valence-electron chi connectivity index (χ3n) is 7.67. The number of nitrogens with zero attached hydrogens (tertiary/aromatic N) is 4. The second kappa shape index (κ2) is 20.7. The molecule has 2 atom stereocenters. The van der Waals surface area contributed by atoms with Crippen LogP contribution in [0.2, 0.25) is 10.0 Å². The van der Waals surface area contributed by atoms with Gasteiger partial charge in [0.25, 0.3) is 11.8 Å². The third kappa shape index (κ3) is 11.6. The molecular formula is C40H42Cl2N6O8. The lowest BCUT2D eigenvalue weighted by atomic mass is 10.0. The Bertz CT molecular complexity index is 2090. The summed E-state index contributed by atoms with van der Waals surface area (Å²) in [7, 11) is 0. The number of carbonyl (C=O) groups excluding carboxylic acids is 4. The largest absolute Gasteiger partial charge is 0.494 e. The summed E-state index contributed by atoms with van der Waals surface area (Å²) in [6.07, 6.45) is 0. The Balaban J connectivity index is 1.49. The lowest BCUT2D eigenvalue weighted by Crippen LogP contribution is -2.32. The molecule has 0 aliphatic carbocycles. The maximum Gasteiger partial charge on any atom is 0.258 e. The molecule has 0 bridgehead atoms. The zero-order valence-corrected chi connectivity index (χ0v) is 33.2. The lowest BCUT2D eigenvalue weighted by Gasteiger charge is -2.15. The standard InChI is InChI=1S/C40H42Cl2N6O8/c1-7-53-28-15-17-34(55-9-3)32(21-28)43-39(51)37(23(5)49)47-45-26-13-11-25(12-14-26)36-30(41)19-27(20-31(36)42)46-48-38(24(6)50)40(52)44-33-22-29(54-8-2)16-18-35(33)56-10-4/h11-22,37-38H,7-10H2,1-6H3,(H,43,51)(H,44,52). The van der Waals surface area contributed by atoms with E-state index in [1.807, 2.05) is 20.8 Å². The summed E-state index contributed by atoms with van der Waals surface area (Å²) < 4.78 is 22.3. The van der Waals surface area contributed by atoms with Crippen LogP contribution in [0.5, 0.6) is 23.0 Å². The van der Waals surface area contributed by atoms with Gasteiger partial charge in [0.2, 0.25) is 12.1 Å². The van der Waals surface area contributed by atoms with E-state index in [9.17, 15) is 19.2 Å². The number of halogens is 2. The van der Waals surface area contributed by atoms with Crippen molar-refractivity contribution >= 4 is 69.3 Å². The second-order valence-corrected chi connectivity index (χ2v) is 12.6. The number of anilines is 2. The number of ether oxygens (including phenoxy) is 4. The van der Waals surface area contributed by atoms with Gasteiger partial charge in [-0.15, -0.1) is 0 Å². The van der Waals surface area contributed by atoms with Crippen LogP contribution in [0.1, 0.15) is 41.5 Å². The number of hydrogen-bond donors (Lipinski definition) is 2. The van der Waals surface area contributed by atoms with Crippen molar-refractivity contribution in [2.75, 3.05) is 37.1 Å². The van der Waals surface area contributed by atoms with E-state index < -0.39 is 35.5 Å². The number of rotatable bonds is 19. The minimum Gasteiger partial charge on any atom is -0.494 e. The number of nitrogens with one attached hydrogen (secondary N) is 2. The number of Topliss-reactive ketones (excluding diaryl/α,β-unsaturated/α-hetero) is 2. The van der Waals surface area contributed by atoms with E-state index in [1.165, 1.54) is 26.0 Å². The fraction of sp³-hybridized carbons (Fsp3) is 0.300. The predicted molar refractivity (Wildman–Crippen MR) is 215 cm³/mol. The van der Waals surface area contributed by atoms with Crippen molar-refractivity contribution in [2.24, 2.45) is 20.5 Å². The molecule has 0 fully saturated rings. The van der Waals surface area contributed by atoms with Gasteiger partial charge in [-0.3, -0.25) is 19.2 Å². The first-order valence-corrected chi connectivity index (χ1v) is 18.5. The SMILES string of the molecule is CCOc1ccc(OCC)c(NC(=O)C(N=Nc2ccc(-c3c(Cl)cc(N=NC(C(C)=O)C(=O)Nc4cc(OCC)ccc4OCC)cc3Cl)cc2)C(C)=O)c1. The quantitative estimate of drug-likeness (QED) is 0.0695. The van der Waals surface area contributed by atoms with Crippen molar-refractivity contribution in [3.05, 3.63) is 82.8 Å². The van der Waals surface area contributed by atoms with Crippen LogP contribution >= 0.6 is 23.2 Å². The molecule has 0 heterocycles. The Labute approximate surface area is 334 Å². The molecule has 0 radical (unpaired) electrons. The average molecular weight is 806 g/mol. The van der Waals surface area contributed by atoms with E-state index in [-0.39, 0.29) is 15.7 Å². The first kappa shape index (κ1) is 42.9. The molecule has 0 spiro atoms. The van der Waals surface area contributed by atoms with Gasteiger partial charge < -0.3 is 29.6 Å². The topological polar surface area (TPSA) is 179 Å². The van der Waals surface area contributed by atoms with Gasteiger partial charge in [-0.05, 0) is 95.6 Å². The normalized spacial score (nSPS) is 12.2. The molecule has 2 N–H and O–H groups in total. The number of carbonyl (C=O) groups is 4. The van der Waals surface area contributed by atoms with Gasteiger partial charge in [-0.2, -0.15) is 20.5 Å². The van der Waals surface area contributed by atoms with Crippen LogP contribution in [0.3, 0.4) is 0 Å². The second-order valence-electron chi connectivity index (χ2n) is 11.8. The number of hydrogen-bond acceptors (Lipinski definition) is 12. The highest BCUT2D eigenvalue weighted by molar-refractivity contribution is 6.39. The van der Waals surface area contributed by atoms with Crippen LogP contribution in [0.15, 0.2) is 93.3 Å². The van der Waals surface area contributed by atoms with E-state index in [2.05, 4.69) is 31.1 Å². The Morgan fingerprint density at radius 1 is 0.571 bits per heavy atom. The Morgan fingerprint density at radius 2 is 0.982 bits per heavy atom. The summed E-state index contributed by atoms with van der Waals surface area (Å²) in [5.74, 6) is -0.644. The molecular weight excluding hydrogens is 763 g/mol. The molecule has 0 saturated carbocycles. The third-order valence-corrected chi connectivity index (χ3v) is 8.26. The zero-order chi connectivity index (χ0) is 40.8. The van der Waals surface area contributed by atoms with Gasteiger partial charge in [0.1, 0.15) is 23.0 Å². The smallest absolute Gasteiger partial charge is 0.258 e. The minimum atomic E-state index is -1.48. The maximum absolute atomic E-state index is 13.2. The summed E-state index contributed by atoms with van der Waals surface area (Å²) in [5, 5.41) is 22.1. The van der Waals surface area contributed by atoms with E-state index in [1.54, 1.807) is 67.6 Å². The summed E-state index contributed by atoms with van der Waals surface area (Å²) >= 11 is 13.3. The van der Waals surface area contributed by atoms with Crippen molar-refractivity contribution in [2.45, 2.75) is 53.6 Å². The number of azo groups is 2. The molecule has 0 aliphatic heterocycles. The Hall–Kier alpha value is -5.86. The summed E-state index contributed by atoms with van der Waals surface area (Å²) in [6, 6.07) is 16.6. The van der Waals surface area contributed by atoms with Crippen LogP contribution in [0.25, 0.3) is 11.1 Å². The number of amides is 2. The molecule has 56 heavy (non-hydrogen) atoms. The molecule has 4 rings (SSSR count). The molecule has 0 aromatic heterocycles. The van der Waals surface area contributed by atoms with Crippen molar-refractivity contribution in [3.8, 4) is 34.1 Å². The number of benzene rings is 4. The molecule has 0 aliphatic rings. The lowest BCUT2D eigenvalue weighted by molar-refractivity contribution is -0.127. The van der Waals surface area contributed by atoms with Crippen LogP contribution in [-0.2, 0) is 19.2 Å². The average Bonchev–Trinajstić information content (AvgIpc) is 3.14. The molecule has 2 amide bonds. The first-order valence-electron chi connectivity index (χ1n) is 17.7. The van der Waals surface area contributed by atoms with Crippen molar-refractivity contribution in [3.63, 3.8) is 0 Å². The van der Waals surface area contributed by atoms with Gasteiger partial charge in [0, 0.05) is 17.7 Å². The van der Waals surface area contributed by atoms with Gasteiger partial charge in [0.05, 0.1) is 59.2 Å². The predicted octanol–water partition coefficient (Wildman–Crippen LogP) is 9.62. The molecule has 0 saturated heterocycles. The zero-order valence-electron chi connectivity index (χ0n) is 31.7. The fourth-order valence-electron chi connectivity index (χ4n) is 5.16. The van der Waals surface area contributed by atoms with Crippen molar-refractivity contribution < 1.29 is 38.1 Å². The summed E-state index contributed by atoms with van der Waals surface area (Å²) in [5.41, 5.74) is 2.28. The maximum atomic E-state index is 13.2.